The van der Waals surface area contributed by atoms with E-state index in [0.717, 1.165) is 0 Å². The fourth-order valence-electron chi connectivity index (χ4n) is 0. The molecule has 0 rings (SSSR count). The van der Waals surface area contributed by atoms with Gasteiger partial charge in [-0.05, 0) is 19.8 Å². The van der Waals surface area contributed by atoms with Crippen LogP contribution in [0.3, 0.4) is 0 Å². The molecule has 5 heteroatoms. The summed E-state index contributed by atoms with van der Waals surface area (Å²) < 4.78 is 22.5. The predicted molar refractivity (Wildman–Crippen MR) is 54.8 cm³/mol. The summed E-state index contributed by atoms with van der Waals surface area (Å²) in [6.45, 7) is 18.9. The molecule has 0 aliphatic carbocycles. The zero-order valence-electron chi connectivity index (χ0n) is 9.44. The molecule has 0 N–H and O–H groups in total. The Hall–Kier alpha value is 0.538. The van der Waals surface area contributed by atoms with Crippen molar-refractivity contribution in [3.05, 3.63) is 39.7 Å². The first kappa shape index (κ1) is 36.1. The second-order valence-corrected chi connectivity index (χ2v) is 10.6. The van der Waals surface area contributed by atoms with Gasteiger partial charge in [0.25, 0.3) is 0 Å². The fourth-order valence-corrected chi connectivity index (χ4v) is 0. The van der Waals surface area contributed by atoms with Gasteiger partial charge in [0.05, 0.1) is 0 Å². The third-order valence-corrected chi connectivity index (χ3v) is 0.236. The van der Waals surface area contributed by atoms with Crippen LogP contribution in [-0.2, 0) is 31.0 Å². The molecule has 0 unspecified atom stereocenters. The maximum absolute atomic E-state index is 7.50. The van der Waals surface area contributed by atoms with E-state index in [1.807, 2.05) is 13.3 Å². The minimum Gasteiger partial charge on any atom is 0 e. The molecule has 0 aromatic heterocycles. The molecular formula is C10H16FeO3Sn. The summed E-state index contributed by atoms with van der Waals surface area (Å²) in [7, 11) is 0. The van der Waals surface area contributed by atoms with E-state index in [9.17, 15) is 0 Å². The van der Waals surface area contributed by atoms with E-state index in [-0.39, 0.29) is 17.1 Å². The summed E-state index contributed by atoms with van der Waals surface area (Å²) >= 11 is -0.543. The standard InChI is InChI=1S/C4H7.3CO.3CH3.Fe.Sn/c1-3-4-2;3*1-2;;;;;/h3-4H,1H2,2H3;;;;3*1H3;;. The van der Waals surface area contributed by atoms with Crippen molar-refractivity contribution in [1.82, 2.24) is 0 Å². The second-order valence-electron chi connectivity index (χ2n) is 2.07. The average Bonchev–Trinajstić information content (AvgIpc) is 2.25. The molecule has 86 valence electrons. The van der Waals surface area contributed by atoms with Gasteiger partial charge in [-0.15, -0.1) is 0 Å². The van der Waals surface area contributed by atoms with Gasteiger partial charge in [-0.1, -0.05) is 6.92 Å². The van der Waals surface area contributed by atoms with Gasteiger partial charge < -0.3 is 0 Å². The van der Waals surface area contributed by atoms with Crippen LogP contribution >= 0.6 is 0 Å². The molecule has 0 saturated heterocycles. The van der Waals surface area contributed by atoms with Crippen LogP contribution in [0.5, 0.6) is 0 Å². The predicted octanol–water partition coefficient (Wildman–Crippen LogP) is 2.50. The first-order valence-electron chi connectivity index (χ1n) is 3.43. The van der Waals surface area contributed by atoms with E-state index < -0.39 is 19.8 Å². The second kappa shape index (κ2) is 86.9. The number of hydrogen-bond donors (Lipinski definition) is 0. The summed E-state index contributed by atoms with van der Waals surface area (Å²) in [5.41, 5.74) is 0. The van der Waals surface area contributed by atoms with E-state index >= 15 is 0 Å². The van der Waals surface area contributed by atoms with Gasteiger partial charge in [-0.2, -0.15) is 0 Å². The largest absolute Gasteiger partial charge is 0 e. The smallest absolute Gasteiger partial charge is 0 e. The molecule has 15 heavy (non-hydrogen) atoms. The summed E-state index contributed by atoms with van der Waals surface area (Å²) in [4.78, 5) is 7.09. The van der Waals surface area contributed by atoms with Gasteiger partial charge in [0.1, 0.15) is 0 Å². The molecule has 0 atom stereocenters. The van der Waals surface area contributed by atoms with Crippen LogP contribution in [0, 0.1) is 39.7 Å². The van der Waals surface area contributed by atoms with E-state index in [4.69, 9.17) is 14.0 Å². The van der Waals surface area contributed by atoms with Crippen LogP contribution in [0.4, 0.5) is 0 Å². The molecule has 0 aliphatic rings. The van der Waals surface area contributed by atoms with Gasteiger partial charge in [0.15, 0.2) is 0 Å². The number of unbranched alkanes of at least 4 members (excludes halogenated alkanes) is 1. The van der Waals surface area contributed by atoms with Crippen molar-refractivity contribution >= 4 is 19.8 Å². The van der Waals surface area contributed by atoms with E-state index in [2.05, 4.69) is 41.7 Å². The molecule has 0 amide bonds. The molecule has 0 fully saturated rings. The van der Waals surface area contributed by atoms with Gasteiger partial charge in [0.2, 0.25) is 0 Å². The molecule has 4 radical (unpaired) electrons. The number of hydrogen-bond acceptors (Lipinski definition) is 0. The molecule has 0 aromatic rings. The Labute approximate surface area is 112 Å². The van der Waals surface area contributed by atoms with Crippen molar-refractivity contribution in [2.45, 2.75) is 21.7 Å². The first-order chi connectivity index (χ1) is 6.65. The van der Waals surface area contributed by atoms with Crippen LogP contribution in [0.2, 0.25) is 14.8 Å². The topological polar surface area (TPSA) is 59.7 Å². The van der Waals surface area contributed by atoms with E-state index in [1.165, 1.54) is 0 Å². The summed E-state index contributed by atoms with van der Waals surface area (Å²) in [5, 5.41) is 0. The quantitative estimate of drug-likeness (QED) is 0.393. The maximum Gasteiger partial charge on any atom is 0 e. The Bertz CT molecular complexity index is 92.0. The van der Waals surface area contributed by atoms with Crippen molar-refractivity contribution < 1.29 is 31.0 Å². The molecule has 0 aromatic carbocycles. The van der Waals surface area contributed by atoms with Crippen molar-refractivity contribution in [2.24, 2.45) is 0 Å². The molecule has 0 spiro atoms. The molecule has 0 aliphatic heterocycles. The van der Waals surface area contributed by atoms with Gasteiger partial charge >= 0.3 is 68.5 Å². The van der Waals surface area contributed by atoms with Crippen molar-refractivity contribution in [2.75, 3.05) is 0 Å². The van der Waals surface area contributed by atoms with Gasteiger partial charge in [0, 0.05) is 17.1 Å². The Morgan fingerprint density at radius 2 is 1.00 bits per heavy atom. The summed E-state index contributed by atoms with van der Waals surface area (Å²) in [6, 6.07) is 0. The van der Waals surface area contributed by atoms with Gasteiger partial charge in [-0.3, -0.25) is 0 Å². The molecule has 3 nitrogen and oxygen atoms in total. The molecule has 0 bridgehead atoms. The first-order valence-corrected chi connectivity index (χ1v) is 12.0. The van der Waals surface area contributed by atoms with Crippen molar-refractivity contribution in [3.8, 4) is 0 Å². The Kier molecular flexibility index (Phi) is 209. The third kappa shape index (κ3) is 966. The average molecular weight is 359 g/mol. The minimum atomic E-state index is -0.543. The summed E-state index contributed by atoms with van der Waals surface area (Å²) in [6.07, 6.45) is 3.64. The van der Waals surface area contributed by atoms with Crippen LogP contribution in [0.1, 0.15) is 6.92 Å². The van der Waals surface area contributed by atoms with E-state index in [1.54, 1.807) is 6.42 Å². The Morgan fingerprint density at radius 1 is 0.933 bits per heavy atom. The normalized spacial score (nSPS) is 4.80. The van der Waals surface area contributed by atoms with Crippen LogP contribution < -0.4 is 0 Å². The molecular weight excluding hydrogens is 343 g/mol. The molecule has 0 heterocycles. The fraction of sp³-hybridized carbons (Fsp3) is 0.400. The van der Waals surface area contributed by atoms with Crippen LogP contribution in [-0.4, -0.2) is 19.8 Å². The Morgan fingerprint density at radius 3 is 1.00 bits per heavy atom. The Balaban J connectivity index is -0.0000000175. The zero-order chi connectivity index (χ0) is 13.0. The monoisotopic (exact) mass is 360 g/mol. The van der Waals surface area contributed by atoms with Crippen molar-refractivity contribution in [3.63, 3.8) is 0 Å². The number of rotatable bonds is 1. The van der Waals surface area contributed by atoms with Crippen molar-refractivity contribution in [1.29, 1.82) is 0 Å². The SMILES string of the molecule is [C-]#[O+].[C-]#[O+].[C-]#[O+].[CH2][CH][CH]C.[CH3][Sn]([CH3])[CH3].[Fe]. The minimum absolute atomic E-state index is 0. The zero-order valence-corrected chi connectivity index (χ0v) is 13.4. The van der Waals surface area contributed by atoms with Crippen LogP contribution in [0.25, 0.3) is 0 Å². The third-order valence-electron chi connectivity index (χ3n) is 0.236. The van der Waals surface area contributed by atoms with Crippen LogP contribution in [0.15, 0.2) is 0 Å². The molecule has 0 saturated carbocycles. The van der Waals surface area contributed by atoms with E-state index in [0.29, 0.717) is 0 Å². The van der Waals surface area contributed by atoms with Gasteiger partial charge in [-0.25, -0.2) is 0 Å². The summed E-state index contributed by atoms with van der Waals surface area (Å²) in [5.74, 6) is 0. The maximum atomic E-state index is 7.50.